The quantitative estimate of drug-likeness (QED) is 0.666. The Morgan fingerprint density at radius 3 is 2.29 bits per heavy atom. The van der Waals surface area contributed by atoms with E-state index in [9.17, 15) is 0 Å². The molecule has 0 aliphatic carbocycles. The van der Waals surface area contributed by atoms with E-state index in [0.717, 1.165) is 6.42 Å². The van der Waals surface area contributed by atoms with Crippen molar-refractivity contribution in [3.8, 4) is 0 Å². The minimum atomic E-state index is 1.10. The third-order valence-electron chi connectivity index (χ3n) is 2.76. The Morgan fingerprint density at radius 2 is 1.65 bits per heavy atom. The SMILES string of the molecule is CCc1ccc(/C=C/[CH-]c2ccccc2)cc1. The molecule has 0 nitrogen and oxygen atoms in total. The fraction of sp³-hybridized carbons (Fsp3) is 0.118. The van der Waals surface area contributed by atoms with Gasteiger partial charge >= 0.3 is 0 Å². The molecule has 0 bridgehead atoms. The van der Waals surface area contributed by atoms with Crippen LogP contribution in [0.1, 0.15) is 23.6 Å². The van der Waals surface area contributed by atoms with Gasteiger partial charge < -0.3 is 0 Å². The molecule has 0 atom stereocenters. The van der Waals surface area contributed by atoms with Gasteiger partial charge in [-0.1, -0.05) is 42.8 Å². The van der Waals surface area contributed by atoms with E-state index in [0.29, 0.717) is 0 Å². The monoisotopic (exact) mass is 221 g/mol. The molecule has 0 N–H and O–H groups in total. The second kappa shape index (κ2) is 5.95. The van der Waals surface area contributed by atoms with E-state index in [1.54, 1.807) is 0 Å². The number of allylic oxidation sites excluding steroid dienone is 1. The predicted octanol–water partition coefficient (Wildman–Crippen LogP) is 4.51. The Hall–Kier alpha value is -1.95. The molecule has 86 valence electrons. The molecule has 2 rings (SSSR count). The first-order chi connectivity index (χ1) is 8.38. The van der Waals surface area contributed by atoms with Gasteiger partial charge in [0.05, 0.1) is 0 Å². The summed E-state index contributed by atoms with van der Waals surface area (Å²) < 4.78 is 0. The Labute approximate surface area is 104 Å². The molecule has 0 aliphatic rings. The average molecular weight is 221 g/mol. The van der Waals surface area contributed by atoms with Gasteiger partial charge in [0.2, 0.25) is 0 Å². The van der Waals surface area contributed by atoms with Crippen molar-refractivity contribution in [3.05, 3.63) is 83.8 Å². The predicted molar refractivity (Wildman–Crippen MR) is 74.7 cm³/mol. The lowest BCUT2D eigenvalue weighted by molar-refractivity contribution is 1.14. The number of benzene rings is 2. The Balaban J connectivity index is 1.96. The van der Waals surface area contributed by atoms with Gasteiger partial charge in [0.1, 0.15) is 0 Å². The van der Waals surface area contributed by atoms with E-state index < -0.39 is 0 Å². The van der Waals surface area contributed by atoms with E-state index in [-0.39, 0.29) is 0 Å². The summed E-state index contributed by atoms with van der Waals surface area (Å²) in [6, 6.07) is 19.0. The summed E-state index contributed by atoms with van der Waals surface area (Å²) >= 11 is 0. The van der Waals surface area contributed by atoms with Gasteiger partial charge in [-0.05, 0) is 12.0 Å². The number of aryl methyl sites for hydroxylation is 1. The molecule has 0 unspecified atom stereocenters. The van der Waals surface area contributed by atoms with Gasteiger partial charge in [-0.2, -0.15) is 0 Å². The summed E-state index contributed by atoms with van der Waals surface area (Å²) in [5.41, 5.74) is 3.86. The number of rotatable bonds is 4. The van der Waals surface area contributed by atoms with Crippen molar-refractivity contribution >= 4 is 6.08 Å². The minimum Gasteiger partial charge on any atom is -0.148 e. The van der Waals surface area contributed by atoms with Gasteiger partial charge in [0, 0.05) is 0 Å². The molecule has 0 radical (unpaired) electrons. The van der Waals surface area contributed by atoms with Crippen molar-refractivity contribution in [2.24, 2.45) is 0 Å². The van der Waals surface area contributed by atoms with Crippen LogP contribution in [0.2, 0.25) is 0 Å². The van der Waals surface area contributed by atoms with Crippen LogP contribution in [0.3, 0.4) is 0 Å². The van der Waals surface area contributed by atoms with E-state index in [1.807, 2.05) is 6.07 Å². The molecule has 2 aromatic carbocycles. The highest BCUT2D eigenvalue weighted by molar-refractivity contribution is 5.52. The Morgan fingerprint density at radius 1 is 0.941 bits per heavy atom. The third kappa shape index (κ3) is 3.53. The van der Waals surface area contributed by atoms with E-state index in [1.165, 1.54) is 16.7 Å². The molecule has 0 fully saturated rings. The number of hydrogen-bond acceptors (Lipinski definition) is 0. The molecular weight excluding hydrogens is 204 g/mol. The van der Waals surface area contributed by atoms with Crippen LogP contribution in [0.5, 0.6) is 0 Å². The molecule has 0 saturated heterocycles. The van der Waals surface area contributed by atoms with Crippen LogP contribution in [0.25, 0.3) is 6.08 Å². The maximum absolute atomic E-state index is 2.18. The maximum atomic E-state index is 2.18. The van der Waals surface area contributed by atoms with Gasteiger partial charge in [-0.3, -0.25) is 0 Å². The molecule has 2 aromatic rings. The highest BCUT2D eigenvalue weighted by Crippen LogP contribution is 2.09. The standard InChI is InChI=1S/C17H17/c1-2-15-11-13-17(14-12-15)10-6-9-16-7-4-3-5-8-16/h3-14H,2H2,1H3/q-1/b10-6+. The van der Waals surface area contributed by atoms with Gasteiger partial charge in [-0.25, -0.2) is 0 Å². The lowest BCUT2D eigenvalue weighted by atomic mass is 10.1. The first-order valence-corrected chi connectivity index (χ1v) is 6.04. The topological polar surface area (TPSA) is 0 Å². The summed E-state index contributed by atoms with van der Waals surface area (Å²) in [4.78, 5) is 0. The Bertz CT molecular complexity index is 463. The van der Waals surface area contributed by atoms with Crippen LogP contribution >= 0.6 is 0 Å². The molecular formula is C17H17-. The smallest absolute Gasteiger partial charge is 0.0307 e. The molecule has 0 saturated carbocycles. The van der Waals surface area contributed by atoms with Crippen molar-refractivity contribution in [2.45, 2.75) is 13.3 Å². The maximum Gasteiger partial charge on any atom is -0.0307 e. The van der Waals surface area contributed by atoms with Crippen LogP contribution in [-0.4, -0.2) is 0 Å². The minimum absolute atomic E-state index is 1.10. The highest BCUT2D eigenvalue weighted by Gasteiger charge is 1.86. The molecule has 0 aliphatic heterocycles. The zero-order chi connectivity index (χ0) is 11.9. The first-order valence-electron chi connectivity index (χ1n) is 6.04. The van der Waals surface area contributed by atoms with E-state index >= 15 is 0 Å². The van der Waals surface area contributed by atoms with Gasteiger partial charge in [0.15, 0.2) is 0 Å². The fourth-order valence-electron chi connectivity index (χ4n) is 1.70. The third-order valence-corrected chi connectivity index (χ3v) is 2.76. The Kier molecular flexibility index (Phi) is 4.04. The first kappa shape index (κ1) is 11.5. The molecule has 0 heterocycles. The summed E-state index contributed by atoms with van der Waals surface area (Å²) in [5, 5.41) is 0. The normalized spacial score (nSPS) is 10.6. The van der Waals surface area contributed by atoms with Crippen molar-refractivity contribution in [2.75, 3.05) is 0 Å². The molecule has 0 heteroatoms. The lowest BCUT2D eigenvalue weighted by Gasteiger charge is -2.03. The van der Waals surface area contributed by atoms with Crippen LogP contribution in [-0.2, 0) is 6.42 Å². The second-order valence-corrected chi connectivity index (χ2v) is 4.03. The van der Waals surface area contributed by atoms with Crippen LogP contribution in [0, 0.1) is 6.42 Å². The van der Waals surface area contributed by atoms with Crippen LogP contribution in [0.15, 0.2) is 60.7 Å². The van der Waals surface area contributed by atoms with Gasteiger partial charge in [-0.15, -0.1) is 48.4 Å². The van der Waals surface area contributed by atoms with Crippen LogP contribution in [0.4, 0.5) is 0 Å². The lowest BCUT2D eigenvalue weighted by Crippen LogP contribution is -1.79. The van der Waals surface area contributed by atoms with Crippen molar-refractivity contribution in [1.29, 1.82) is 0 Å². The van der Waals surface area contributed by atoms with E-state index in [4.69, 9.17) is 0 Å². The summed E-state index contributed by atoms with van der Waals surface area (Å²) in [6.07, 6.45) is 7.44. The van der Waals surface area contributed by atoms with Crippen molar-refractivity contribution < 1.29 is 0 Å². The summed E-state index contributed by atoms with van der Waals surface area (Å²) in [6.45, 7) is 2.17. The highest BCUT2D eigenvalue weighted by atomic mass is 14.0. The largest absolute Gasteiger partial charge is 0.148 e. The second-order valence-electron chi connectivity index (χ2n) is 4.03. The average Bonchev–Trinajstić information content (AvgIpc) is 2.41. The number of hydrogen-bond donors (Lipinski definition) is 0. The van der Waals surface area contributed by atoms with E-state index in [2.05, 4.69) is 74.0 Å². The van der Waals surface area contributed by atoms with Gasteiger partial charge in [0.25, 0.3) is 0 Å². The molecule has 0 spiro atoms. The summed E-state index contributed by atoms with van der Waals surface area (Å²) in [7, 11) is 0. The molecule has 0 amide bonds. The van der Waals surface area contributed by atoms with Crippen molar-refractivity contribution in [3.63, 3.8) is 0 Å². The van der Waals surface area contributed by atoms with Crippen LogP contribution < -0.4 is 0 Å². The van der Waals surface area contributed by atoms with Crippen molar-refractivity contribution in [1.82, 2.24) is 0 Å². The molecule has 0 aromatic heterocycles. The summed E-state index contributed by atoms with van der Waals surface area (Å²) in [5.74, 6) is 0. The fourth-order valence-corrected chi connectivity index (χ4v) is 1.70. The zero-order valence-corrected chi connectivity index (χ0v) is 10.1. The zero-order valence-electron chi connectivity index (χ0n) is 10.1. The molecule has 17 heavy (non-hydrogen) atoms.